The third kappa shape index (κ3) is 1.77. The van der Waals surface area contributed by atoms with Gasteiger partial charge in [0.05, 0.1) is 0 Å². The minimum Gasteiger partial charge on any atom is -0.299 e. The summed E-state index contributed by atoms with van der Waals surface area (Å²) in [5, 5.41) is 0. The highest BCUT2D eigenvalue weighted by Crippen LogP contribution is 2.45. The minimum atomic E-state index is 0.351. The fourth-order valence-electron chi connectivity index (χ4n) is 3.62. The Morgan fingerprint density at radius 1 is 1.13 bits per heavy atom. The number of carbonyl (C=O) groups excluding carboxylic acids is 1. The average Bonchev–Trinajstić information content (AvgIpc) is 2.57. The molecule has 2 atom stereocenters. The lowest BCUT2D eigenvalue weighted by molar-refractivity contribution is -0.130. The molecule has 0 spiro atoms. The number of ketones is 1. The van der Waals surface area contributed by atoms with Gasteiger partial charge in [0.1, 0.15) is 5.78 Å². The first-order valence-corrected chi connectivity index (χ1v) is 6.55. The van der Waals surface area contributed by atoms with Crippen molar-refractivity contribution in [1.29, 1.82) is 0 Å². The van der Waals surface area contributed by atoms with Gasteiger partial charge in [0.2, 0.25) is 0 Å². The number of rotatable bonds is 2. The lowest BCUT2D eigenvalue weighted by Crippen LogP contribution is -2.32. The van der Waals surface area contributed by atoms with Crippen LogP contribution in [0.4, 0.5) is 0 Å². The third-order valence-electron chi connectivity index (χ3n) is 4.56. The van der Waals surface area contributed by atoms with Gasteiger partial charge in [0, 0.05) is 12.3 Å². The Morgan fingerprint density at radius 3 is 2.60 bits per heavy atom. The van der Waals surface area contributed by atoms with Crippen LogP contribution in [-0.2, 0) is 4.79 Å². The second kappa shape index (κ2) is 3.77. The molecule has 1 heteroatoms. The van der Waals surface area contributed by atoms with E-state index in [-0.39, 0.29) is 0 Å². The summed E-state index contributed by atoms with van der Waals surface area (Å²) in [6, 6.07) is 0. The van der Waals surface area contributed by atoms with Gasteiger partial charge in [-0.15, -0.1) is 0 Å². The number of fused-ring (bicyclic) bond motifs is 1. The largest absolute Gasteiger partial charge is 0.299 e. The van der Waals surface area contributed by atoms with E-state index in [1.165, 1.54) is 44.9 Å². The predicted octanol–water partition coefficient (Wildman–Crippen LogP) is 3.49. The summed E-state index contributed by atoms with van der Waals surface area (Å²) in [6.45, 7) is 0. The van der Waals surface area contributed by atoms with Gasteiger partial charge in [-0.2, -0.15) is 0 Å². The fraction of sp³-hybridized carbons (Fsp3) is 0.786. The molecule has 0 aromatic heterocycles. The van der Waals surface area contributed by atoms with Crippen molar-refractivity contribution in [3.63, 3.8) is 0 Å². The summed E-state index contributed by atoms with van der Waals surface area (Å²) in [5.74, 6) is 2.51. The molecule has 0 radical (unpaired) electrons. The van der Waals surface area contributed by atoms with Crippen LogP contribution < -0.4 is 0 Å². The number of Topliss-reactive ketones (excluding diaryl/α,β-unsaturated/α-hetero) is 1. The van der Waals surface area contributed by atoms with E-state index >= 15 is 0 Å². The molecule has 1 unspecified atom stereocenters. The quantitative estimate of drug-likeness (QED) is 0.629. The van der Waals surface area contributed by atoms with Gasteiger partial charge in [-0.3, -0.25) is 4.79 Å². The Kier molecular flexibility index (Phi) is 2.42. The predicted molar refractivity (Wildman–Crippen MR) is 60.5 cm³/mol. The summed E-state index contributed by atoms with van der Waals surface area (Å²) in [5.41, 5.74) is 1.61. The van der Waals surface area contributed by atoms with Crippen LogP contribution in [0.1, 0.15) is 51.4 Å². The normalized spacial score (nSPS) is 36.0. The molecule has 82 valence electrons. The van der Waals surface area contributed by atoms with Gasteiger partial charge in [-0.05, 0) is 24.7 Å². The second-order valence-corrected chi connectivity index (χ2v) is 5.69. The topological polar surface area (TPSA) is 17.1 Å². The maximum absolute atomic E-state index is 11.3. The van der Waals surface area contributed by atoms with E-state index in [0.717, 1.165) is 18.3 Å². The Hall–Kier alpha value is -0.590. The number of hydrogen-bond donors (Lipinski definition) is 0. The molecule has 1 nitrogen and oxygen atoms in total. The maximum Gasteiger partial charge on any atom is 0.140 e. The van der Waals surface area contributed by atoms with Crippen molar-refractivity contribution in [1.82, 2.24) is 0 Å². The molecular weight excluding hydrogens is 184 g/mol. The maximum atomic E-state index is 11.3. The Bertz CT molecular complexity index is 296. The average molecular weight is 204 g/mol. The second-order valence-electron chi connectivity index (χ2n) is 5.69. The molecule has 2 fully saturated rings. The lowest BCUT2D eigenvalue weighted by Gasteiger charge is -2.27. The van der Waals surface area contributed by atoms with Crippen molar-refractivity contribution < 1.29 is 4.79 Å². The lowest BCUT2D eigenvalue weighted by atomic mass is 9.74. The van der Waals surface area contributed by atoms with Crippen LogP contribution in [0.2, 0.25) is 0 Å². The zero-order chi connectivity index (χ0) is 10.3. The van der Waals surface area contributed by atoms with Crippen molar-refractivity contribution in [3.05, 3.63) is 11.6 Å². The van der Waals surface area contributed by atoms with Crippen LogP contribution in [0.5, 0.6) is 0 Å². The van der Waals surface area contributed by atoms with Gasteiger partial charge in [-0.1, -0.05) is 43.8 Å². The first kappa shape index (κ1) is 9.62. The highest BCUT2D eigenvalue weighted by atomic mass is 16.1. The molecule has 0 N–H and O–H groups in total. The van der Waals surface area contributed by atoms with E-state index < -0.39 is 0 Å². The van der Waals surface area contributed by atoms with Gasteiger partial charge >= 0.3 is 0 Å². The van der Waals surface area contributed by atoms with Gasteiger partial charge < -0.3 is 0 Å². The number of carbonyl (C=O) groups is 1. The van der Waals surface area contributed by atoms with Crippen LogP contribution in [0.3, 0.4) is 0 Å². The summed E-state index contributed by atoms with van der Waals surface area (Å²) in [4.78, 5) is 11.3. The first-order valence-electron chi connectivity index (χ1n) is 6.55. The summed E-state index contributed by atoms with van der Waals surface area (Å²) in [6.07, 6.45) is 12.9. The van der Waals surface area contributed by atoms with Gasteiger partial charge in [0.25, 0.3) is 0 Å². The molecule has 0 amide bonds. The molecule has 2 saturated carbocycles. The van der Waals surface area contributed by atoms with Crippen LogP contribution >= 0.6 is 0 Å². The van der Waals surface area contributed by atoms with Crippen LogP contribution in [-0.4, -0.2) is 5.78 Å². The third-order valence-corrected chi connectivity index (χ3v) is 4.56. The highest BCUT2D eigenvalue weighted by Gasteiger charge is 2.42. The van der Waals surface area contributed by atoms with Gasteiger partial charge in [0.15, 0.2) is 0 Å². The molecule has 0 aromatic rings. The molecule has 3 rings (SSSR count). The van der Waals surface area contributed by atoms with E-state index in [1.807, 2.05) is 0 Å². The molecule has 3 aliphatic rings. The molecule has 0 aliphatic heterocycles. The SMILES string of the molecule is O=C1CC2CC(CC3CCCCC3)=C[C@@H]12. The molecular formula is C14H20O. The molecule has 0 aromatic carbocycles. The molecule has 3 aliphatic carbocycles. The van der Waals surface area contributed by atoms with E-state index in [0.29, 0.717) is 11.7 Å². The van der Waals surface area contributed by atoms with Crippen molar-refractivity contribution in [2.75, 3.05) is 0 Å². The summed E-state index contributed by atoms with van der Waals surface area (Å²) in [7, 11) is 0. The van der Waals surface area contributed by atoms with Crippen molar-refractivity contribution in [2.45, 2.75) is 51.4 Å². The first-order chi connectivity index (χ1) is 7.33. The monoisotopic (exact) mass is 204 g/mol. The van der Waals surface area contributed by atoms with Crippen LogP contribution in [0.15, 0.2) is 11.6 Å². The molecule has 15 heavy (non-hydrogen) atoms. The van der Waals surface area contributed by atoms with E-state index in [4.69, 9.17) is 0 Å². The van der Waals surface area contributed by atoms with E-state index in [9.17, 15) is 4.79 Å². The van der Waals surface area contributed by atoms with Crippen LogP contribution in [0, 0.1) is 17.8 Å². The van der Waals surface area contributed by atoms with E-state index in [2.05, 4.69) is 6.08 Å². The molecule has 0 saturated heterocycles. The Balaban J connectivity index is 1.57. The van der Waals surface area contributed by atoms with Crippen molar-refractivity contribution >= 4 is 5.78 Å². The standard InChI is InChI=1S/C14H20O/c15-14-9-12-7-11(8-13(12)14)6-10-4-2-1-3-5-10/h8,10,12-13H,1-7,9H2/t12?,13-/m1/s1. The number of allylic oxidation sites excluding steroid dienone is 2. The van der Waals surface area contributed by atoms with E-state index in [1.54, 1.807) is 5.57 Å². The number of hydrogen-bond acceptors (Lipinski definition) is 1. The van der Waals surface area contributed by atoms with Crippen molar-refractivity contribution in [2.24, 2.45) is 17.8 Å². The van der Waals surface area contributed by atoms with Crippen LogP contribution in [0.25, 0.3) is 0 Å². The van der Waals surface area contributed by atoms with Crippen molar-refractivity contribution in [3.8, 4) is 0 Å². The summed E-state index contributed by atoms with van der Waals surface area (Å²) >= 11 is 0. The zero-order valence-corrected chi connectivity index (χ0v) is 9.37. The summed E-state index contributed by atoms with van der Waals surface area (Å²) < 4.78 is 0. The smallest absolute Gasteiger partial charge is 0.140 e. The molecule has 0 heterocycles. The highest BCUT2D eigenvalue weighted by molar-refractivity contribution is 5.90. The Labute approximate surface area is 91.9 Å². The Morgan fingerprint density at radius 2 is 1.93 bits per heavy atom. The minimum absolute atomic E-state index is 0.351. The fourth-order valence-corrected chi connectivity index (χ4v) is 3.62. The zero-order valence-electron chi connectivity index (χ0n) is 9.37. The van der Waals surface area contributed by atoms with Gasteiger partial charge in [-0.25, -0.2) is 0 Å². The molecule has 0 bridgehead atoms.